The van der Waals surface area contributed by atoms with Crippen molar-refractivity contribution in [2.24, 2.45) is 7.05 Å². The summed E-state index contributed by atoms with van der Waals surface area (Å²) in [5, 5.41) is 9.33. The van der Waals surface area contributed by atoms with Crippen molar-refractivity contribution in [3.63, 3.8) is 0 Å². The molecule has 2 aromatic heterocycles. The average Bonchev–Trinajstić information content (AvgIpc) is 3.71. The predicted octanol–water partition coefficient (Wildman–Crippen LogP) is 1.22. The van der Waals surface area contributed by atoms with Gasteiger partial charge >= 0.3 is 0 Å². The normalized spacial score (nSPS) is 20.7. The number of amides is 4. The smallest absolute Gasteiger partial charge is 0.260 e. The van der Waals surface area contributed by atoms with Gasteiger partial charge in [0.15, 0.2) is 6.61 Å². The molecule has 1 unspecified atom stereocenters. The SMILES string of the molecule is Cc1cnc(NC2CCN(S(=O)(=O)C3CCN(C(=O)COc4cccc5c4CN(C4CCC(=O)NC4=O)C5=O)CC3)CC2)nc1-c1cnn(C)c1. The highest BCUT2D eigenvalue weighted by atomic mass is 32.2. The van der Waals surface area contributed by atoms with Crippen LogP contribution in [0.1, 0.15) is 60.0 Å². The van der Waals surface area contributed by atoms with Gasteiger partial charge in [0.2, 0.25) is 27.8 Å². The maximum atomic E-state index is 13.6. The van der Waals surface area contributed by atoms with E-state index in [0.29, 0.717) is 74.7 Å². The number of likely N-dealkylation sites (tertiary alicyclic amines) is 1. The number of imide groups is 1. The highest BCUT2D eigenvalue weighted by Gasteiger charge is 2.41. The molecule has 0 bridgehead atoms. The molecule has 270 valence electrons. The molecule has 3 aromatic rings. The highest BCUT2D eigenvalue weighted by molar-refractivity contribution is 7.89. The molecular weight excluding hydrogens is 678 g/mol. The van der Waals surface area contributed by atoms with Crippen LogP contribution in [0.25, 0.3) is 11.3 Å². The van der Waals surface area contributed by atoms with Crippen LogP contribution >= 0.6 is 0 Å². The lowest BCUT2D eigenvalue weighted by Crippen LogP contribution is -2.52. The van der Waals surface area contributed by atoms with Crippen LogP contribution in [0, 0.1) is 6.92 Å². The van der Waals surface area contributed by atoms with Crippen molar-refractivity contribution in [1.29, 1.82) is 0 Å². The highest BCUT2D eigenvalue weighted by Crippen LogP contribution is 2.34. The van der Waals surface area contributed by atoms with E-state index in [-0.39, 0.29) is 49.8 Å². The molecule has 16 nitrogen and oxygen atoms in total. The Morgan fingerprint density at radius 1 is 1.04 bits per heavy atom. The van der Waals surface area contributed by atoms with E-state index in [9.17, 15) is 27.6 Å². The number of sulfonamides is 1. The van der Waals surface area contributed by atoms with E-state index < -0.39 is 27.2 Å². The third-order valence-corrected chi connectivity index (χ3v) is 12.6. The summed E-state index contributed by atoms with van der Waals surface area (Å²) in [7, 11) is -1.70. The van der Waals surface area contributed by atoms with Crippen LogP contribution in [-0.2, 0) is 38.0 Å². The van der Waals surface area contributed by atoms with Crippen LogP contribution in [0.3, 0.4) is 0 Å². The molecule has 4 amide bonds. The van der Waals surface area contributed by atoms with E-state index in [2.05, 4.69) is 20.7 Å². The van der Waals surface area contributed by atoms with E-state index in [1.807, 2.05) is 20.2 Å². The number of fused-ring (bicyclic) bond motifs is 1. The van der Waals surface area contributed by atoms with Crippen LogP contribution in [0.4, 0.5) is 5.95 Å². The minimum atomic E-state index is -3.55. The first kappa shape index (κ1) is 34.5. The van der Waals surface area contributed by atoms with E-state index in [1.54, 1.807) is 44.5 Å². The second kappa shape index (κ2) is 14.0. The van der Waals surface area contributed by atoms with Crippen LogP contribution in [0.2, 0.25) is 0 Å². The van der Waals surface area contributed by atoms with E-state index in [4.69, 9.17) is 9.72 Å². The van der Waals surface area contributed by atoms with Crippen molar-refractivity contribution in [3.05, 3.63) is 53.5 Å². The second-order valence-electron chi connectivity index (χ2n) is 13.5. The Balaban J connectivity index is 0.884. The van der Waals surface area contributed by atoms with Crippen LogP contribution in [-0.4, -0.2) is 116 Å². The van der Waals surface area contributed by atoms with Crippen molar-refractivity contribution >= 4 is 39.6 Å². The average molecular weight is 720 g/mol. The van der Waals surface area contributed by atoms with Gasteiger partial charge in [0.05, 0.1) is 23.7 Å². The lowest BCUT2D eigenvalue weighted by atomic mass is 10.0. The largest absolute Gasteiger partial charge is 0.483 e. The summed E-state index contributed by atoms with van der Waals surface area (Å²) in [5.41, 5.74) is 3.62. The monoisotopic (exact) mass is 719 g/mol. The fraction of sp³-hybridized carbons (Fsp3) is 0.500. The van der Waals surface area contributed by atoms with Gasteiger partial charge in [0.25, 0.3) is 11.8 Å². The molecule has 3 saturated heterocycles. The Labute approximate surface area is 295 Å². The Bertz CT molecular complexity index is 1970. The number of nitrogens with zero attached hydrogens (tertiary/aromatic N) is 7. The number of aryl methyl sites for hydroxylation is 2. The molecule has 1 aromatic carbocycles. The number of aromatic nitrogens is 4. The number of piperidine rings is 3. The molecule has 4 aliphatic heterocycles. The van der Waals surface area contributed by atoms with Crippen molar-refractivity contribution in [1.82, 2.24) is 39.2 Å². The zero-order valence-electron chi connectivity index (χ0n) is 28.6. The minimum absolute atomic E-state index is 0.0323. The lowest BCUT2D eigenvalue weighted by Gasteiger charge is -2.37. The third kappa shape index (κ3) is 7.04. The number of hydrogen-bond donors (Lipinski definition) is 2. The molecule has 17 heteroatoms. The standard InChI is InChI=1S/C34H41N9O7S/c1-21-16-35-34(39-31(21)22-17-36-40(2)18-22)37-23-8-14-42(15-9-23)51(48,49)24-10-12-41(13-11-24)30(45)20-50-28-5-3-4-25-26(28)19-43(33(25)47)27-6-7-29(44)38-32(27)46/h3-5,16-18,23-24,27H,6-15,19-20H2,1-2H3,(H,35,37,39)(H,38,44,46). The van der Waals surface area contributed by atoms with Crippen molar-refractivity contribution < 1.29 is 32.3 Å². The molecule has 1 atom stereocenters. The van der Waals surface area contributed by atoms with E-state index >= 15 is 0 Å². The summed E-state index contributed by atoms with van der Waals surface area (Å²) in [6.07, 6.45) is 7.73. The first-order valence-electron chi connectivity index (χ1n) is 17.2. The number of ether oxygens (including phenoxy) is 1. The van der Waals surface area contributed by atoms with Crippen LogP contribution in [0.15, 0.2) is 36.8 Å². The first-order chi connectivity index (χ1) is 24.5. The van der Waals surface area contributed by atoms with Gasteiger partial charge in [-0.05, 0) is 56.7 Å². The van der Waals surface area contributed by atoms with Gasteiger partial charge in [-0.1, -0.05) is 6.07 Å². The molecule has 6 heterocycles. The van der Waals surface area contributed by atoms with Gasteiger partial charge in [-0.15, -0.1) is 0 Å². The van der Waals surface area contributed by atoms with Crippen LogP contribution in [0.5, 0.6) is 5.75 Å². The second-order valence-corrected chi connectivity index (χ2v) is 15.8. The van der Waals surface area contributed by atoms with E-state index in [0.717, 1.165) is 16.8 Å². The molecule has 0 saturated carbocycles. The molecule has 0 spiro atoms. The number of carbonyl (C=O) groups excluding carboxylic acids is 4. The Morgan fingerprint density at radius 3 is 2.51 bits per heavy atom. The number of anilines is 1. The minimum Gasteiger partial charge on any atom is -0.483 e. The number of carbonyl (C=O) groups is 4. The number of nitrogens with one attached hydrogen (secondary N) is 2. The maximum Gasteiger partial charge on any atom is 0.260 e. The molecule has 4 aliphatic rings. The Morgan fingerprint density at radius 2 is 1.80 bits per heavy atom. The summed E-state index contributed by atoms with van der Waals surface area (Å²) in [4.78, 5) is 62.4. The Kier molecular flexibility index (Phi) is 9.50. The summed E-state index contributed by atoms with van der Waals surface area (Å²) in [5.74, 6) is -0.573. The quantitative estimate of drug-likeness (QED) is 0.303. The summed E-state index contributed by atoms with van der Waals surface area (Å²) >= 11 is 0. The maximum absolute atomic E-state index is 13.6. The van der Waals surface area contributed by atoms with E-state index in [1.165, 1.54) is 4.90 Å². The van der Waals surface area contributed by atoms with Gasteiger partial charge in [0.1, 0.15) is 11.8 Å². The van der Waals surface area contributed by atoms with Gasteiger partial charge < -0.3 is 19.9 Å². The lowest BCUT2D eigenvalue weighted by molar-refractivity contribution is -0.137. The predicted molar refractivity (Wildman–Crippen MR) is 184 cm³/mol. The van der Waals surface area contributed by atoms with Crippen LogP contribution < -0.4 is 15.4 Å². The van der Waals surface area contributed by atoms with Gasteiger partial charge in [0, 0.05) is 74.8 Å². The summed E-state index contributed by atoms with van der Waals surface area (Å²) in [6, 6.07) is 4.27. The zero-order valence-corrected chi connectivity index (χ0v) is 29.4. The molecule has 3 fully saturated rings. The fourth-order valence-corrected chi connectivity index (χ4v) is 9.27. The molecule has 7 rings (SSSR count). The molecule has 0 aliphatic carbocycles. The topological polar surface area (TPSA) is 189 Å². The number of benzene rings is 1. The molecular formula is C34H41N9O7S. The fourth-order valence-electron chi connectivity index (χ4n) is 7.32. The van der Waals surface area contributed by atoms with Crippen molar-refractivity contribution in [3.8, 4) is 17.0 Å². The van der Waals surface area contributed by atoms with Gasteiger partial charge in [-0.25, -0.2) is 22.7 Å². The number of rotatable bonds is 9. The number of hydrogen-bond acceptors (Lipinski definition) is 11. The first-order valence-corrected chi connectivity index (χ1v) is 18.7. The van der Waals surface area contributed by atoms with Gasteiger partial charge in [-0.3, -0.25) is 29.2 Å². The third-order valence-electron chi connectivity index (χ3n) is 10.2. The molecule has 0 radical (unpaired) electrons. The summed E-state index contributed by atoms with van der Waals surface area (Å²) in [6.45, 7) is 3.18. The summed E-state index contributed by atoms with van der Waals surface area (Å²) < 4.78 is 36.4. The molecule has 2 N–H and O–H groups in total. The zero-order chi connectivity index (χ0) is 35.9. The van der Waals surface area contributed by atoms with Crippen molar-refractivity contribution in [2.45, 2.75) is 69.3 Å². The molecule has 51 heavy (non-hydrogen) atoms. The van der Waals surface area contributed by atoms with Crippen molar-refractivity contribution in [2.75, 3.05) is 38.1 Å². The van der Waals surface area contributed by atoms with Gasteiger partial charge in [-0.2, -0.15) is 5.10 Å². The Hall–Kier alpha value is -4.90.